The molecule has 2 aromatic carbocycles. The summed E-state index contributed by atoms with van der Waals surface area (Å²) in [6, 6.07) is 9.93. The molecule has 0 aliphatic heterocycles. The van der Waals surface area contributed by atoms with E-state index in [0.717, 1.165) is 16.7 Å². The van der Waals surface area contributed by atoms with Crippen molar-refractivity contribution in [3.8, 4) is 0 Å². The number of aliphatic hydroxyl groups is 1. The Labute approximate surface area is 123 Å². The Morgan fingerprint density at radius 3 is 2.55 bits per heavy atom. The molecule has 0 aliphatic rings. The molecule has 2 rings (SSSR count). The fourth-order valence-corrected chi connectivity index (χ4v) is 2.50. The van der Waals surface area contributed by atoms with Gasteiger partial charge in [0, 0.05) is 10.7 Å². The van der Waals surface area contributed by atoms with Crippen molar-refractivity contribution in [1.29, 1.82) is 0 Å². The molecule has 1 atom stereocenters. The number of aliphatic hydroxyl groups excluding tert-OH is 1. The number of aryl methyl sites for hydroxylation is 2. The zero-order chi connectivity index (χ0) is 14.7. The highest BCUT2D eigenvalue weighted by molar-refractivity contribution is 6.30. The molecule has 0 amide bonds. The van der Waals surface area contributed by atoms with Crippen LogP contribution < -0.4 is 5.32 Å². The molecule has 0 aliphatic carbocycles. The van der Waals surface area contributed by atoms with Gasteiger partial charge in [-0.3, -0.25) is 0 Å². The van der Waals surface area contributed by atoms with Gasteiger partial charge in [-0.05, 0) is 60.9 Å². The Kier molecular flexibility index (Phi) is 4.63. The zero-order valence-corrected chi connectivity index (χ0v) is 12.2. The molecule has 0 saturated carbocycles. The zero-order valence-electron chi connectivity index (χ0n) is 11.5. The van der Waals surface area contributed by atoms with Crippen LogP contribution in [0.15, 0.2) is 36.4 Å². The third kappa shape index (κ3) is 3.50. The maximum atomic E-state index is 13.4. The average Bonchev–Trinajstić information content (AvgIpc) is 2.35. The maximum absolute atomic E-state index is 13.4. The first kappa shape index (κ1) is 14.8. The number of anilines is 1. The van der Waals surface area contributed by atoms with Crippen molar-refractivity contribution in [3.05, 3.63) is 63.9 Å². The minimum absolute atomic E-state index is 0.0853. The molecule has 4 heteroatoms. The predicted molar refractivity (Wildman–Crippen MR) is 80.8 cm³/mol. The van der Waals surface area contributed by atoms with E-state index in [4.69, 9.17) is 11.6 Å². The number of benzene rings is 2. The molecule has 0 heterocycles. The monoisotopic (exact) mass is 293 g/mol. The highest BCUT2D eigenvalue weighted by Crippen LogP contribution is 2.25. The summed E-state index contributed by atoms with van der Waals surface area (Å²) in [5.74, 6) is -0.294. The van der Waals surface area contributed by atoms with Gasteiger partial charge in [0.1, 0.15) is 5.82 Å². The molecule has 0 radical (unpaired) electrons. The standard InChI is InChI=1S/C16H17ClFNO/c1-10-5-13(18)8-14(6-10)19-16(9-20)15-4-3-12(17)7-11(15)2/h3-8,16,19-20H,9H2,1-2H3. The quantitative estimate of drug-likeness (QED) is 0.883. The molecule has 2 nitrogen and oxygen atoms in total. The van der Waals surface area contributed by atoms with Gasteiger partial charge in [-0.25, -0.2) is 4.39 Å². The highest BCUT2D eigenvalue weighted by Gasteiger charge is 2.13. The Bertz CT molecular complexity index is 595. The minimum atomic E-state index is -0.298. The largest absolute Gasteiger partial charge is 0.394 e. The van der Waals surface area contributed by atoms with Crippen LogP contribution in [0.2, 0.25) is 5.02 Å². The van der Waals surface area contributed by atoms with Crippen LogP contribution in [0.25, 0.3) is 0 Å². The second kappa shape index (κ2) is 6.25. The third-order valence-electron chi connectivity index (χ3n) is 3.17. The number of halogens is 2. The molecule has 0 bridgehead atoms. The van der Waals surface area contributed by atoms with E-state index in [1.54, 1.807) is 6.07 Å². The summed E-state index contributed by atoms with van der Waals surface area (Å²) in [5, 5.41) is 13.4. The Morgan fingerprint density at radius 1 is 1.20 bits per heavy atom. The summed E-state index contributed by atoms with van der Waals surface area (Å²) >= 11 is 5.93. The molecule has 106 valence electrons. The number of nitrogens with one attached hydrogen (secondary N) is 1. The lowest BCUT2D eigenvalue weighted by molar-refractivity contribution is 0.276. The Balaban J connectivity index is 2.28. The molecule has 0 saturated heterocycles. The summed E-state index contributed by atoms with van der Waals surface area (Å²) in [6.45, 7) is 3.68. The first-order valence-electron chi connectivity index (χ1n) is 6.40. The lowest BCUT2D eigenvalue weighted by atomic mass is 10.0. The Hall–Kier alpha value is -1.58. The topological polar surface area (TPSA) is 32.3 Å². The second-order valence-corrected chi connectivity index (χ2v) is 5.33. The summed E-state index contributed by atoms with van der Waals surface area (Å²) in [6.07, 6.45) is 0. The van der Waals surface area contributed by atoms with Gasteiger partial charge in [0.2, 0.25) is 0 Å². The van der Waals surface area contributed by atoms with Gasteiger partial charge in [0.15, 0.2) is 0 Å². The molecule has 0 fully saturated rings. The van der Waals surface area contributed by atoms with Gasteiger partial charge >= 0.3 is 0 Å². The summed E-state index contributed by atoms with van der Waals surface area (Å²) < 4.78 is 13.4. The number of hydrogen-bond donors (Lipinski definition) is 2. The van der Waals surface area contributed by atoms with Crippen LogP contribution in [-0.4, -0.2) is 11.7 Å². The fourth-order valence-electron chi connectivity index (χ4n) is 2.27. The molecule has 0 aromatic heterocycles. The number of hydrogen-bond acceptors (Lipinski definition) is 2. The van der Waals surface area contributed by atoms with Crippen LogP contribution in [-0.2, 0) is 0 Å². The van der Waals surface area contributed by atoms with E-state index < -0.39 is 0 Å². The van der Waals surface area contributed by atoms with Crippen LogP contribution in [0, 0.1) is 19.7 Å². The van der Waals surface area contributed by atoms with Crippen molar-refractivity contribution in [1.82, 2.24) is 0 Å². The van der Waals surface area contributed by atoms with Gasteiger partial charge < -0.3 is 10.4 Å². The van der Waals surface area contributed by atoms with Crippen molar-refractivity contribution in [2.75, 3.05) is 11.9 Å². The van der Waals surface area contributed by atoms with Crippen molar-refractivity contribution < 1.29 is 9.50 Å². The normalized spacial score (nSPS) is 12.2. The Morgan fingerprint density at radius 2 is 1.95 bits per heavy atom. The van der Waals surface area contributed by atoms with E-state index >= 15 is 0 Å². The minimum Gasteiger partial charge on any atom is -0.394 e. The molecule has 2 N–H and O–H groups in total. The third-order valence-corrected chi connectivity index (χ3v) is 3.41. The van der Waals surface area contributed by atoms with Crippen molar-refractivity contribution in [2.45, 2.75) is 19.9 Å². The van der Waals surface area contributed by atoms with E-state index in [0.29, 0.717) is 10.7 Å². The molecule has 0 spiro atoms. The summed E-state index contributed by atoms with van der Waals surface area (Å²) in [7, 11) is 0. The molecule has 2 aromatic rings. The van der Waals surface area contributed by atoms with E-state index in [1.165, 1.54) is 12.1 Å². The van der Waals surface area contributed by atoms with Crippen molar-refractivity contribution >= 4 is 17.3 Å². The van der Waals surface area contributed by atoms with E-state index in [-0.39, 0.29) is 18.5 Å². The van der Waals surface area contributed by atoms with Crippen molar-refractivity contribution in [3.63, 3.8) is 0 Å². The molecular weight excluding hydrogens is 277 g/mol. The SMILES string of the molecule is Cc1cc(F)cc(NC(CO)c2ccc(Cl)cc2C)c1. The predicted octanol–water partition coefficient (Wildman–Crippen LogP) is 4.24. The van der Waals surface area contributed by atoms with Gasteiger partial charge in [0.05, 0.1) is 12.6 Å². The van der Waals surface area contributed by atoms with Crippen LogP contribution in [0.5, 0.6) is 0 Å². The van der Waals surface area contributed by atoms with Gasteiger partial charge in [-0.1, -0.05) is 17.7 Å². The van der Waals surface area contributed by atoms with Crippen LogP contribution in [0.1, 0.15) is 22.7 Å². The number of rotatable bonds is 4. The highest BCUT2D eigenvalue weighted by atomic mass is 35.5. The van der Waals surface area contributed by atoms with Crippen LogP contribution >= 0.6 is 11.6 Å². The van der Waals surface area contributed by atoms with Gasteiger partial charge in [-0.15, -0.1) is 0 Å². The van der Waals surface area contributed by atoms with Gasteiger partial charge in [0.25, 0.3) is 0 Å². The van der Waals surface area contributed by atoms with E-state index in [2.05, 4.69) is 5.32 Å². The van der Waals surface area contributed by atoms with Crippen LogP contribution in [0.3, 0.4) is 0 Å². The van der Waals surface area contributed by atoms with E-state index in [1.807, 2.05) is 32.0 Å². The second-order valence-electron chi connectivity index (χ2n) is 4.90. The lowest BCUT2D eigenvalue weighted by Gasteiger charge is -2.20. The smallest absolute Gasteiger partial charge is 0.125 e. The average molecular weight is 294 g/mol. The maximum Gasteiger partial charge on any atom is 0.125 e. The first-order valence-corrected chi connectivity index (χ1v) is 6.78. The summed E-state index contributed by atoms with van der Waals surface area (Å²) in [5.41, 5.74) is 3.41. The lowest BCUT2D eigenvalue weighted by Crippen LogP contribution is -2.16. The first-order chi connectivity index (χ1) is 9.49. The van der Waals surface area contributed by atoms with Crippen LogP contribution in [0.4, 0.5) is 10.1 Å². The molecule has 1 unspecified atom stereocenters. The van der Waals surface area contributed by atoms with Crippen molar-refractivity contribution in [2.24, 2.45) is 0 Å². The fraction of sp³-hybridized carbons (Fsp3) is 0.250. The molecule has 20 heavy (non-hydrogen) atoms. The van der Waals surface area contributed by atoms with Gasteiger partial charge in [-0.2, -0.15) is 0 Å². The molecular formula is C16H17ClFNO. The van der Waals surface area contributed by atoms with E-state index in [9.17, 15) is 9.50 Å². The summed E-state index contributed by atoms with van der Waals surface area (Å²) in [4.78, 5) is 0.